The van der Waals surface area contributed by atoms with Crippen molar-refractivity contribution in [1.82, 2.24) is 15.2 Å². The van der Waals surface area contributed by atoms with Gasteiger partial charge in [0.1, 0.15) is 0 Å². The number of likely N-dealkylation sites (tertiary alicyclic amines) is 1. The first-order valence-corrected chi connectivity index (χ1v) is 7.06. The maximum Gasteiger partial charge on any atom is 0.240 e. The van der Waals surface area contributed by atoms with Gasteiger partial charge in [-0.25, -0.2) is 0 Å². The number of rotatable bonds is 5. The minimum absolute atomic E-state index is 0.0686. The Bertz CT molecular complexity index is 473. The first-order chi connectivity index (χ1) is 9.58. The molecule has 1 aliphatic rings. The molecule has 1 atom stereocenters. The molecule has 1 saturated heterocycles. The molecule has 0 bridgehead atoms. The highest BCUT2D eigenvalue weighted by atomic mass is 16.2. The van der Waals surface area contributed by atoms with Crippen LogP contribution in [-0.2, 0) is 9.59 Å². The number of amides is 2. The molecule has 20 heavy (non-hydrogen) atoms. The van der Waals surface area contributed by atoms with Gasteiger partial charge in [0.2, 0.25) is 11.8 Å². The number of nitrogens with zero attached hydrogens (tertiary/aromatic N) is 2. The topological polar surface area (TPSA) is 62.3 Å². The fourth-order valence-electron chi connectivity index (χ4n) is 2.41. The van der Waals surface area contributed by atoms with Crippen LogP contribution in [0, 0.1) is 5.92 Å². The number of carbonyl (C=O) groups excluding carboxylic acids is 2. The standard InChI is InChI=1S/C15H21N3O2/c1-11(2)15(12-6-3-4-8-16-12)17-13(19)10-18-9-5-7-14(18)20/h3-4,6,8,11,15H,5,7,9-10H2,1-2H3,(H,17,19)/t15-/m1/s1. The average molecular weight is 275 g/mol. The maximum absolute atomic E-state index is 12.1. The molecule has 1 aliphatic heterocycles. The van der Waals surface area contributed by atoms with Crippen LogP contribution in [0.25, 0.3) is 0 Å². The van der Waals surface area contributed by atoms with Crippen LogP contribution in [0.3, 0.4) is 0 Å². The molecule has 0 radical (unpaired) electrons. The summed E-state index contributed by atoms with van der Waals surface area (Å²) in [4.78, 5) is 29.6. The van der Waals surface area contributed by atoms with E-state index in [2.05, 4.69) is 10.3 Å². The van der Waals surface area contributed by atoms with E-state index in [1.54, 1.807) is 11.1 Å². The third-order valence-corrected chi connectivity index (χ3v) is 3.50. The highest BCUT2D eigenvalue weighted by molar-refractivity contribution is 5.86. The first-order valence-electron chi connectivity index (χ1n) is 7.06. The minimum atomic E-state index is -0.124. The summed E-state index contributed by atoms with van der Waals surface area (Å²) in [5, 5.41) is 2.98. The number of nitrogens with one attached hydrogen (secondary N) is 1. The van der Waals surface area contributed by atoms with Crippen molar-refractivity contribution in [2.45, 2.75) is 32.7 Å². The molecule has 5 heteroatoms. The Morgan fingerprint density at radius 1 is 1.45 bits per heavy atom. The third kappa shape index (κ3) is 3.56. The Labute approximate surface area is 119 Å². The van der Waals surface area contributed by atoms with Crippen LogP contribution in [-0.4, -0.2) is 34.8 Å². The van der Waals surface area contributed by atoms with Crippen molar-refractivity contribution in [1.29, 1.82) is 0 Å². The number of hydrogen-bond acceptors (Lipinski definition) is 3. The van der Waals surface area contributed by atoms with E-state index < -0.39 is 0 Å². The lowest BCUT2D eigenvalue weighted by Gasteiger charge is -2.23. The van der Waals surface area contributed by atoms with Crippen molar-refractivity contribution in [2.24, 2.45) is 5.92 Å². The van der Waals surface area contributed by atoms with Gasteiger partial charge in [0.15, 0.2) is 0 Å². The fraction of sp³-hybridized carbons (Fsp3) is 0.533. The first kappa shape index (κ1) is 14.5. The van der Waals surface area contributed by atoms with Gasteiger partial charge in [-0.3, -0.25) is 14.6 Å². The molecule has 0 aromatic carbocycles. The monoisotopic (exact) mass is 275 g/mol. The van der Waals surface area contributed by atoms with Crippen molar-refractivity contribution in [3.63, 3.8) is 0 Å². The summed E-state index contributed by atoms with van der Waals surface area (Å²) < 4.78 is 0. The zero-order valence-corrected chi connectivity index (χ0v) is 12.0. The summed E-state index contributed by atoms with van der Waals surface area (Å²) in [7, 11) is 0. The molecular formula is C15H21N3O2. The van der Waals surface area contributed by atoms with Gasteiger partial charge in [0.05, 0.1) is 18.3 Å². The van der Waals surface area contributed by atoms with Crippen molar-refractivity contribution >= 4 is 11.8 Å². The van der Waals surface area contributed by atoms with Gasteiger partial charge in [0.25, 0.3) is 0 Å². The van der Waals surface area contributed by atoms with Gasteiger partial charge < -0.3 is 10.2 Å². The normalized spacial score (nSPS) is 16.6. The van der Waals surface area contributed by atoms with E-state index in [9.17, 15) is 9.59 Å². The molecule has 5 nitrogen and oxygen atoms in total. The highest BCUT2D eigenvalue weighted by Crippen LogP contribution is 2.19. The minimum Gasteiger partial charge on any atom is -0.346 e. The molecule has 1 aromatic rings. The summed E-state index contributed by atoms with van der Waals surface area (Å²) in [6.07, 6.45) is 3.13. The second kappa shape index (κ2) is 6.50. The fourth-order valence-corrected chi connectivity index (χ4v) is 2.41. The SMILES string of the molecule is CC(C)[C@@H](NC(=O)CN1CCCC1=O)c1ccccn1. The number of pyridine rings is 1. The summed E-state index contributed by atoms with van der Waals surface area (Å²) >= 11 is 0. The van der Waals surface area contributed by atoms with Crippen LogP contribution in [0.2, 0.25) is 0 Å². The average Bonchev–Trinajstić information content (AvgIpc) is 2.82. The van der Waals surface area contributed by atoms with Gasteiger partial charge in [-0.05, 0) is 24.5 Å². The Hall–Kier alpha value is -1.91. The van der Waals surface area contributed by atoms with Gasteiger partial charge in [-0.15, -0.1) is 0 Å². The Kier molecular flexibility index (Phi) is 4.71. The number of carbonyl (C=O) groups is 2. The molecule has 1 fully saturated rings. The maximum atomic E-state index is 12.1. The quantitative estimate of drug-likeness (QED) is 0.886. The van der Waals surface area contributed by atoms with Crippen LogP contribution >= 0.6 is 0 Å². The van der Waals surface area contributed by atoms with Gasteiger partial charge in [0, 0.05) is 19.2 Å². The molecule has 2 rings (SSSR count). The van der Waals surface area contributed by atoms with E-state index in [0.717, 1.165) is 12.1 Å². The Morgan fingerprint density at radius 2 is 2.25 bits per heavy atom. The van der Waals surface area contributed by atoms with Crippen LogP contribution in [0.1, 0.15) is 38.4 Å². The lowest BCUT2D eigenvalue weighted by molar-refractivity contribution is -0.133. The van der Waals surface area contributed by atoms with E-state index in [-0.39, 0.29) is 30.3 Å². The molecule has 0 saturated carbocycles. The van der Waals surface area contributed by atoms with E-state index in [4.69, 9.17) is 0 Å². The summed E-state index contributed by atoms with van der Waals surface area (Å²) in [5.41, 5.74) is 0.851. The predicted molar refractivity (Wildman–Crippen MR) is 75.8 cm³/mol. The smallest absolute Gasteiger partial charge is 0.240 e. The molecule has 0 unspecified atom stereocenters. The number of aromatic nitrogens is 1. The molecule has 0 spiro atoms. The number of hydrogen-bond donors (Lipinski definition) is 1. The molecule has 2 heterocycles. The van der Waals surface area contributed by atoms with Crippen molar-refractivity contribution in [2.75, 3.05) is 13.1 Å². The Morgan fingerprint density at radius 3 is 2.80 bits per heavy atom. The summed E-state index contributed by atoms with van der Waals surface area (Å²) in [5.74, 6) is 0.187. The lowest BCUT2D eigenvalue weighted by Crippen LogP contribution is -2.40. The lowest BCUT2D eigenvalue weighted by atomic mass is 10.0. The molecule has 108 valence electrons. The molecule has 0 aliphatic carbocycles. The van der Waals surface area contributed by atoms with Crippen LogP contribution in [0.15, 0.2) is 24.4 Å². The van der Waals surface area contributed by atoms with E-state index in [0.29, 0.717) is 13.0 Å². The summed E-state index contributed by atoms with van der Waals surface area (Å²) in [6.45, 7) is 4.92. The van der Waals surface area contributed by atoms with Crippen LogP contribution in [0.5, 0.6) is 0 Å². The van der Waals surface area contributed by atoms with Crippen molar-refractivity contribution < 1.29 is 9.59 Å². The Balaban J connectivity index is 1.98. The molecule has 2 amide bonds. The van der Waals surface area contributed by atoms with Crippen LogP contribution < -0.4 is 5.32 Å². The largest absolute Gasteiger partial charge is 0.346 e. The van der Waals surface area contributed by atoms with Gasteiger partial charge in [-0.1, -0.05) is 19.9 Å². The zero-order valence-electron chi connectivity index (χ0n) is 12.0. The zero-order chi connectivity index (χ0) is 14.5. The molecule has 1 N–H and O–H groups in total. The molecular weight excluding hydrogens is 254 g/mol. The molecule has 1 aromatic heterocycles. The third-order valence-electron chi connectivity index (χ3n) is 3.50. The van der Waals surface area contributed by atoms with Crippen LogP contribution in [0.4, 0.5) is 0 Å². The van der Waals surface area contributed by atoms with Crippen molar-refractivity contribution in [3.05, 3.63) is 30.1 Å². The van der Waals surface area contributed by atoms with Crippen molar-refractivity contribution in [3.8, 4) is 0 Å². The van der Waals surface area contributed by atoms with Gasteiger partial charge in [-0.2, -0.15) is 0 Å². The van der Waals surface area contributed by atoms with E-state index >= 15 is 0 Å². The highest BCUT2D eigenvalue weighted by Gasteiger charge is 2.25. The predicted octanol–water partition coefficient (Wildman–Crippen LogP) is 1.52. The van der Waals surface area contributed by atoms with E-state index in [1.807, 2.05) is 32.0 Å². The summed E-state index contributed by atoms with van der Waals surface area (Å²) in [6, 6.07) is 5.55. The van der Waals surface area contributed by atoms with E-state index in [1.165, 1.54) is 0 Å². The second-order valence-corrected chi connectivity index (χ2v) is 5.46. The van der Waals surface area contributed by atoms with Gasteiger partial charge >= 0.3 is 0 Å². The second-order valence-electron chi connectivity index (χ2n) is 5.46.